The van der Waals surface area contributed by atoms with Crippen LogP contribution in [0.3, 0.4) is 0 Å². The molecule has 0 aromatic carbocycles. The summed E-state index contributed by atoms with van der Waals surface area (Å²) in [5.41, 5.74) is 1.29. The van der Waals surface area contributed by atoms with Crippen LogP contribution in [0.2, 0.25) is 0 Å². The number of aromatic nitrogens is 1. The zero-order valence-electron chi connectivity index (χ0n) is 9.77. The van der Waals surface area contributed by atoms with Gasteiger partial charge in [0.05, 0.1) is 18.5 Å². The fourth-order valence-corrected chi connectivity index (χ4v) is 2.48. The Bertz CT molecular complexity index is 340. The van der Waals surface area contributed by atoms with Gasteiger partial charge in [0.2, 0.25) is 0 Å². The van der Waals surface area contributed by atoms with Gasteiger partial charge < -0.3 is 10.1 Å². The SMILES string of the molecule is CC(C)NCc1cccnc1SC1COC1. The first-order chi connectivity index (χ1) is 7.75. The van der Waals surface area contributed by atoms with Gasteiger partial charge in [-0.25, -0.2) is 4.98 Å². The van der Waals surface area contributed by atoms with Crippen molar-refractivity contribution in [2.75, 3.05) is 13.2 Å². The van der Waals surface area contributed by atoms with Crippen molar-refractivity contribution in [2.45, 2.75) is 36.7 Å². The Hall–Kier alpha value is -0.580. The summed E-state index contributed by atoms with van der Waals surface area (Å²) in [6.45, 7) is 6.92. The van der Waals surface area contributed by atoms with Crippen molar-refractivity contribution >= 4 is 11.8 Å². The van der Waals surface area contributed by atoms with Crippen LogP contribution in [0.1, 0.15) is 19.4 Å². The number of nitrogens with zero attached hydrogens (tertiary/aromatic N) is 1. The molecule has 1 saturated heterocycles. The number of pyridine rings is 1. The maximum Gasteiger partial charge on any atom is 0.101 e. The molecule has 0 atom stereocenters. The molecule has 1 aliphatic rings. The van der Waals surface area contributed by atoms with E-state index in [1.165, 1.54) is 5.56 Å². The predicted molar refractivity (Wildman–Crippen MR) is 66.7 cm³/mol. The van der Waals surface area contributed by atoms with Crippen LogP contribution < -0.4 is 5.32 Å². The van der Waals surface area contributed by atoms with Gasteiger partial charge in [-0.2, -0.15) is 0 Å². The molecule has 16 heavy (non-hydrogen) atoms. The number of hydrogen-bond donors (Lipinski definition) is 1. The van der Waals surface area contributed by atoms with Gasteiger partial charge in [0.25, 0.3) is 0 Å². The second-order valence-electron chi connectivity index (χ2n) is 4.28. The van der Waals surface area contributed by atoms with Crippen LogP contribution in [0.25, 0.3) is 0 Å². The van der Waals surface area contributed by atoms with Crippen LogP contribution in [0.4, 0.5) is 0 Å². The summed E-state index contributed by atoms with van der Waals surface area (Å²) in [4.78, 5) is 4.45. The van der Waals surface area contributed by atoms with Gasteiger partial charge in [-0.3, -0.25) is 0 Å². The number of rotatable bonds is 5. The summed E-state index contributed by atoms with van der Waals surface area (Å²) in [6, 6.07) is 4.65. The highest BCUT2D eigenvalue weighted by molar-refractivity contribution is 8.00. The van der Waals surface area contributed by atoms with Crippen LogP contribution in [0, 0.1) is 0 Å². The lowest BCUT2D eigenvalue weighted by Crippen LogP contribution is -2.30. The van der Waals surface area contributed by atoms with E-state index in [0.717, 1.165) is 24.8 Å². The van der Waals surface area contributed by atoms with Crippen LogP contribution in [-0.4, -0.2) is 29.5 Å². The Balaban J connectivity index is 1.98. The molecule has 4 heteroatoms. The molecule has 0 aliphatic carbocycles. The fraction of sp³-hybridized carbons (Fsp3) is 0.583. The predicted octanol–water partition coefficient (Wildman–Crippen LogP) is 2.07. The molecule has 1 aromatic rings. The molecule has 0 radical (unpaired) electrons. The standard InChI is InChI=1S/C12H18N2OS/c1-9(2)14-6-10-4-3-5-13-12(10)16-11-7-15-8-11/h3-5,9,11,14H,6-8H2,1-2H3. The van der Waals surface area contributed by atoms with Gasteiger partial charge in [0.1, 0.15) is 5.03 Å². The minimum absolute atomic E-state index is 0.505. The molecular formula is C12H18N2OS. The molecule has 1 fully saturated rings. The van der Waals surface area contributed by atoms with Gasteiger partial charge in [-0.05, 0) is 11.6 Å². The van der Waals surface area contributed by atoms with Crippen LogP contribution in [0.5, 0.6) is 0 Å². The van der Waals surface area contributed by atoms with Crippen molar-refractivity contribution in [3.8, 4) is 0 Å². The summed E-state index contributed by atoms with van der Waals surface area (Å²) in [5, 5.41) is 5.16. The molecule has 0 saturated carbocycles. The summed E-state index contributed by atoms with van der Waals surface area (Å²) in [7, 11) is 0. The van der Waals surface area contributed by atoms with Crippen molar-refractivity contribution in [3.63, 3.8) is 0 Å². The highest BCUT2D eigenvalue weighted by Gasteiger charge is 2.21. The fourth-order valence-electron chi connectivity index (χ4n) is 1.42. The molecule has 1 aliphatic heterocycles. The molecule has 88 valence electrons. The molecule has 1 N–H and O–H groups in total. The Kier molecular flexibility index (Phi) is 4.21. The minimum atomic E-state index is 0.505. The number of hydrogen-bond acceptors (Lipinski definition) is 4. The lowest BCUT2D eigenvalue weighted by molar-refractivity contribution is 0.0454. The molecule has 0 unspecified atom stereocenters. The van der Waals surface area contributed by atoms with Crippen molar-refractivity contribution in [2.24, 2.45) is 0 Å². The van der Waals surface area contributed by atoms with Crippen molar-refractivity contribution in [3.05, 3.63) is 23.9 Å². The lowest BCUT2D eigenvalue weighted by Gasteiger charge is -2.25. The van der Waals surface area contributed by atoms with Crippen LogP contribution in [-0.2, 0) is 11.3 Å². The lowest BCUT2D eigenvalue weighted by atomic mass is 10.2. The molecule has 2 heterocycles. The van der Waals surface area contributed by atoms with Crippen LogP contribution in [0.15, 0.2) is 23.4 Å². The first-order valence-electron chi connectivity index (χ1n) is 5.67. The van der Waals surface area contributed by atoms with Gasteiger partial charge in [-0.1, -0.05) is 31.7 Å². The molecule has 2 rings (SSSR count). The molecular weight excluding hydrogens is 220 g/mol. The smallest absolute Gasteiger partial charge is 0.101 e. The van der Waals surface area contributed by atoms with E-state index in [0.29, 0.717) is 11.3 Å². The van der Waals surface area contributed by atoms with E-state index in [4.69, 9.17) is 4.74 Å². The molecule has 0 amide bonds. The van der Waals surface area contributed by atoms with E-state index in [1.807, 2.05) is 24.0 Å². The normalized spacial score (nSPS) is 16.4. The van der Waals surface area contributed by atoms with Crippen molar-refractivity contribution in [1.29, 1.82) is 0 Å². The van der Waals surface area contributed by atoms with E-state index in [1.54, 1.807) is 0 Å². The zero-order chi connectivity index (χ0) is 11.4. The monoisotopic (exact) mass is 238 g/mol. The Morgan fingerprint density at radius 2 is 2.38 bits per heavy atom. The maximum absolute atomic E-state index is 5.18. The Morgan fingerprint density at radius 3 is 3.00 bits per heavy atom. The summed E-state index contributed by atoms with van der Waals surface area (Å²) >= 11 is 1.83. The third-order valence-electron chi connectivity index (χ3n) is 2.44. The van der Waals surface area contributed by atoms with Gasteiger partial charge in [0, 0.05) is 18.8 Å². The van der Waals surface area contributed by atoms with E-state index < -0.39 is 0 Å². The zero-order valence-corrected chi connectivity index (χ0v) is 10.6. The topological polar surface area (TPSA) is 34.2 Å². The van der Waals surface area contributed by atoms with E-state index in [9.17, 15) is 0 Å². The van der Waals surface area contributed by atoms with E-state index in [2.05, 4.69) is 30.2 Å². The third kappa shape index (κ3) is 3.20. The van der Waals surface area contributed by atoms with E-state index >= 15 is 0 Å². The molecule has 0 spiro atoms. The second-order valence-corrected chi connectivity index (χ2v) is 5.57. The average Bonchev–Trinajstić information content (AvgIpc) is 2.22. The highest BCUT2D eigenvalue weighted by Crippen LogP contribution is 2.28. The molecule has 1 aromatic heterocycles. The van der Waals surface area contributed by atoms with Gasteiger partial charge in [0.15, 0.2) is 0 Å². The average molecular weight is 238 g/mol. The molecule has 3 nitrogen and oxygen atoms in total. The first kappa shape index (κ1) is 11.9. The highest BCUT2D eigenvalue weighted by atomic mass is 32.2. The molecule has 0 bridgehead atoms. The Labute approximate surface area is 101 Å². The van der Waals surface area contributed by atoms with Crippen LogP contribution >= 0.6 is 11.8 Å². The largest absolute Gasteiger partial charge is 0.379 e. The number of ether oxygens (including phenoxy) is 1. The maximum atomic E-state index is 5.18. The second kappa shape index (κ2) is 5.66. The van der Waals surface area contributed by atoms with Gasteiger partial charge >= 0.3 is 0 Å². The Morgan fingerprint density at radius 1 is 1.56 bits per heavy atom. The number of nitrogens with one attached hydrogen (secondary N) is 1. The quantitative estimate of drug-likeness (QED) is 0.851. The van der Waals surface area contributed by atoms with Crippen molar-refractivity contribution in [1.82, 2.24) is 10.3 Å². The third-order valence-corrected chi connectivity index (χ3v) is 3.63. The summed E-state index contributed by atoms with van der Waals surface area (Å²) in [5.74, 6) is 0. The first-order valence-corrected chi connectivity index (χ1v) is 6.55. The van der Waals surface area contributed by atoms with Crippen molar-refractivity contribution < 1.29 is 4.74 Å². The van der Waals surface area contributed by atoms with Gasteiger partial charge in [-0.15, -0.1) is 0 Å². The summed E-state index contributed by atoms with van der Waals surface area (Å²) in [6.07, 6.45) is 1.86. The van der Waals surface area contributed by atoms with E-state index in [-0.39, 0.29) is 0 Å². The summed E-state index contributed by atoms with van der Waals surface area (Å²) < 4.78 is 5.18. The number of thioether (sulfide) groups is 1. The minimum Gasteiger partial charge on any atom is -0.379 e.